The average Bonchev–Trinajstić information content (AvgIpc) is 3.42. The van der Waals surface area contributed by atoms with Crippen molar-refractivity contribution in [2.24, 2.45) is 11.8 Å². The highest BCUT2D eigenvalue weighted by Gasteiger charge is 2.34. The molecule has 0 radical (unpaired) electrons. The molecule has 2 N–H and O–H groups in total. The molecule has 0 bridgehead atoms. The van der Waals surface area contributed by atoms with Crippen LogP contribution in [-0.2, 0) is 6.54 Å². The summed E-state index contributed by atoms with van der Waals surface area (Å²) >= 11 is 0. The largest absolute Gasteiger partial charge is 0.491 e. The summed E-state index contributed by atoms with van der Waals surface area (Å²) in [4.78, 5) is 37.6. The molecule has 1 aromatic carbocycles. The van der Waals surface area contributed by atoms with Crippen molar-refractivity contribution in [1.82, 2.24) is 9.88 Å². The number of rotatable bonds is 9. The zero-order chi connectivity index (χ0) is 21.0. The Balaban J connectivity index is 0.00000320. The maximum Gasteiger partial charge on any atom is 0.263 e. The number of pyridine rings is 1. The molecule has 0 saturated heterocycles. The van der Waals surface area contributed by atoms with E-state index in [1.165, 1.54) is 17.7 Å². The van der Waals surface area contributed by atoms with Crippen LogP contribution in [0.5, 0.6) is 5.75 Å². The molecule has 30 heavy (non-hydrogen) atoms. The number of nitrogens with zero attached hydrogens (tertiary/aromatic N) is 1. The standard InChI is InChI=1S/C22H26N2O5.ClH/c1-14-9-16(14)11-20(26)17-10-19(21(27)23-2)22(28)24(13-17)12-15-3-5-18(6-4-15)29-8-7-25;/h3-6,10,13-14,16,25H,7-9,11-12H2,1-2H3,(H,23,27);1H/t14-,16+;/m0./s1. The SMILES string of the molecule is CNC(=O)c1cc(C(=O)C[C@H]2C[C@@H]2C)cn(Cc2ccc(OCCO)cc2)c1=O.Cl. The van der Waals surface area contributed by atoms with Crippen LogP contribution in [0.4, 0.5) is 0 Å². The van der Waals surface area contributed by atoms with E-state index in [4.69, 9.17) is 9.84 Å². The molecule has 1 aliphatic carbocycles. The minimum absolute atomic E-state index is 0. The van der Waals surface area contributed by atoms with E-state index in [1.54, 1.807) is 30.5 Å². The van der Waals surface area contributed by atoms with Gasteiger partial charge in [0.15, 0.2) is 5.78 Å². The summed E-state index contributed by atoms with van der Waals surface area (Å²) in [5, 5.41) is 11.3. The Morgan fingerprint density at radius 3 is 2.50 bits per heavy atom. The van der Waals surface area contributed by atoms with Crippen molar-refractivity contribution in [3.05, 3.63) is 63.6 Å². The average molecular weight is 435 g/mol. The Hall–Kier alpha value is -2.64. The van der Waals surface area contributed by atoms with E-state index in [1.807, 2.05) is 0 Å². The Kier molecular flexibility index (Phi) is 8.20. The summed E-state index contributed by atoms with van der Waals surface area (Å²) in [5.74, 6) is 0.994. The van der Waals surface area contributed by atoms with Gasteiger partial charge >= 0.3 is 0 Å². The third kappa shape index (κ3) is 5.70. The summed E-state index contributed by atoms with van der Waals surface area (Å²) in [5.41, 5.74) is 0.725. The van der Waals surface area contributed by atoms with E-state index in [9.17, 15) is 14.4 Å². The van der Waals surface area contributed by atoms with E-state index in [0.717, 1.165) is 12.0 Å². The molecule has 0 unspecified atom stereocenters. The number of carbonyl (C=O) groups excluding carboxylic acids is 2. The Morgan fingerprint density at radius 1 is 1.27 bits per heavy atom. The van der Waals surface area contributed by atoms with Crippen LogP contribution in [0, 0.1) is 11.8 Å². The lowest BCUT2D eigenvalue weighted by Gasteiger charge is -2.12. The molecule has 3 rings (SSSR count). The molecular weight excluding hydrogens is 408 g/mol. The highest BCUT2D eigenvalue weighted by atomic mass is 35.5. The molecule has 1 heterocycles. The number of aliphatic hydroxyl groups excluding tert-OH is 1. The number of aromatic nitrogens is 1. The highest BCUT2D eigenvalue weighted by Crippen LogP contribution is 2.41. The molecule has 0 spiro atoms. The normalized spacial score (nSPS) is 17.0. The topological polar surface area (TPSA) is 97.6 Å². The molecule has 7 nitrogen and oxygen atoms in total. The highest BCUT2D eigenvalue weighted by molar-refractivity contribution is 6.00. The summed E-state index contributed by atoms with van der Waals surface area (Å²) in [7, 11) is 1.46. The molecule has 1 saturated carbocycles. The monoisotopic (exact) mass is 434 g/mol. The van der Waals surface area contributed by atoms with Gasteiger partial charge in [0, 0.05) is 25.2 Å². The van der Waals surface area contributed by atoms with Crippen molar-refractivity contribution in [2.45, 2.75) is 26.3 Å². The molecule has 162 valence electrons. The quantitative estimate of drug-likeness (QED) is 0.590. The van der Waals surface area contributed by atoms with E-state index < -0.39 is 11.5 Å². The van der Waals surface area contributed by atoms with Crippen LogP contribution in [0.25, 0.3) is 0 Å². The molecule has 1 aromatic heterocycles. The number of halogens is 1. The van der Waals surface area contributed by atoms with Crippen molar-refractivity contribution < 1.29 is 19.4 Å². The van der Waals surface area contributed by atoms with Crippen molar-refractivity contribution in [3.63, 3.8) is 0 Å². The molecule has 1 amide bonds. The summed E-state index contributed by atoms with van der Waals surface area (Å²) in [6, 6.07) is 8.51. The minimum Gasteiger partial charge on any atom is -0.491 e. The fourth-order valence-electron chi connectivity index (χ4n) is 3.29. The second-order valence-electron chi connectivity index (χ2n) is 7.47. The number of nitrogens with one attached hydrogen (secondary N) is 1. The Morgan fingerprint density at radius 2 is 1.93 bits per heavy atom. The number of hydrogen-bond donors (Lipinski definition) is 2. The van der Waals surface area contributed by atoms with E-state index in [2.05, 4.69) is 12.2 Å². The number of ether oxygens (including phenoxy) is 1. The maximum absolute atomic E-state index is 12.8. The Labute approximate surface area is 181 Å². The smallest absolute Gasteiger partial charge is 0.263 e. The van der Waals surface area contributed by atoms with Crippen LogP contribution in [0.15, 0.2) is 41.3 Å². The third-order valence-electron chi connectivity index (χ3n) is 5.24. The van der Waals surface area contributed by atoms with Gasteiger partial charge in [0.05, 0.1) is 13.2 Å². The van der Waals surface area contributed by atoms with Gasteiger partial charge < -0.3 is 19.7 Å². The Bertz CT molecular complexity index is 955. The number of aliphatic hydroxyl groups is 1. The molecule has 1 fully saturated rings. The zero-order valence-electron chi connectivity index (χ0n) is 17.1. The van der Waals surface area contributed by atoms with E-state index in [-0.39, 0.29) is 43.5 Å². The van der Waals surface area contributed by atoms with Crippen LogP contribution < -0.4 is 15.6 Å². The van der Waals surface area contributed by atoms with Gasteiger partial charge in [-0.15, -0.1) is 12.4 Å². The molecular formula is C22H27ClN2O5. The van der Waals surface area contributed by atoms with E-state index in [0.29, 0.717) is 29.6 Å². The van der Waals surface area contributed by atoms with Crippen molar-refractivity contribution in [1.29, 1.82) is 0 Å². The second-order valence-corrected chi connectivity index (χ2v) is 7.47. The predicted octanol–water partition coefficient (Wildman–Crippen LogP) is 2.28. The molecule has 2 aromatic rings. The number of ketones is 1. The third-order valence-corrected chi connectivity index (χ3v) is 5.24. The fraction of sp³-hybridized carbons (Fsp3) is 0.409. The van der Waals surface area contributed by atoms with Gasteiger partial charge in [-0.25, -0.2) is 0 Å². The lowest BCUT2D eigenvalue weighted by molar-refractivity contribution is 0.0961. The number of benzene rings is 1. The maximum atomic E-state index is 12.8. The van der Waals surface area contributed by atoms with Gasteiger partial charge in [-0.2, -0.15) is 0 Å². The number of carbonyl (C=O) groups is 2. The first kappa shape index (κ1) is 23.6. The van der Waals surface area contributed by atoms with Crippen molar-refractivity contribution in [2.75, 3.05) is 20.3 Å². The molecule has 1 aliphatic rings. The van der Waals surface area contributed by atoms with Gasteiger partial charge in [0.1, 0.15) is 17.9 Å². The van der Waals surface area contributed by atoms with Gasteiger partial charge in [0.2, 0.25) is 0 Å². The van der Waals surface area contributed by atoms with Gasteiger partial charge in [0.25, 0.3) is 11.5 Å². The van der Waals surface area contributed by atoms with E-state index >= 15 is 0 Å². The predicted molar refractivity (Wildman–Crippen MR) is 116 cm³/mol. The fourth-order valence-corrected chi connectivity index (χ4v) is 3.29. The van der Waals surface area contributed by atoms with Crippen LogP contribution in [0.3, 0.4) is 0 Å². The lowest BCUT2D eigenvalue weighted by Crippen LogP contribution is -2.32. The number of Topliss-reactive ketones (excluding diaryl/α,β-unsaturated/α-hetero) is 1. The lowest BCUT2D eigenvalue weighted by atomic mass is 10.0. The zero-order valence-corrected chi connectivity index (χ0v) is 17.9. The van der Waals surface area contributed by atoms with Gasteiger partial charge in [-0.1, -0.05) is 19.1 Å². The minimum atomic E-state index is -0.508. The molecule has 2 atom stereocenters. The van der Waals surface area contributed by atoms with Crippen molar-refractivity contribution in [3.8, 4) is 5.75 Å². The van der Waals surface area contributed by atoms with Gasteiger partial charge in [-0.3, -0.25) is 14.4 Å². The first-order chi connectivity index (χ1) is 13.9. The first-order valence-electron chi connectivity index (χ1n) is 9.75. The number of amides is 1. The van der Waals surface area contributed by atoms with Gasteiger partial charge in [-0.05, 0) is 42.0 Å². The second kappa shape index (κ2) is 10.4. The summed E-state index contributed by atoms with van der Waals surface area (Å²) in [6.45, 7) is 2.48. The molecule has 0 aliphatic heterocycles. The van der Waals surface area contributed by atoms with Crippen LogP contribution >= 0.6 is 12.4 Å². The first-order valence-corrected chi connectivity index (χ1v) is 9.75. The van der Waals surface area contributed by atoms with Crippen LogP contribution in [0.2, 0.25) is 0 Å². The summed E-state index contributed by atoms with van der Waals surface area (Å²) < 4.78 is 6.74. The molecule has 8 heteroatoms. The van der Waals surface area contributed by atoms with Crippen LogP contribution in [0.1, 0.15) is 46.0 Å². The van der Waals surface area contributed by atoms with Crippen molar-refractivity contribution >= 4 is 24.1 Å². The summed E-state index contributed by atoms with van der Waals surface area (Å²) in [6.07, 6.45) is 3.02. The number of hydrogen-bond acceptors (Lipinski definition) is 5. The van der Waals surface area contributed by atoms with Crippen LogP contribution in [-0.4, -0.2) is 41.6 Å².